The zero-order chi connectivity index (χ0) is 14.8. The number of rotatable bonds is 3. The Bertz CT molecular complexity index is 531. The van der Waals surface area contributed by atoms with E-state index in [4.69, 9.17) is 9.47 Å². The summed E-state index contributed by atoms with van der Waals surface area (Å²) in [5.74, 6) is 1.15. The van der Waals surface area contributed by atoms with Gasteiger partial charge < -0.3 is 14.4 Å². The highest BCUT2D eigenvalue weighted by atomic mass is 16.7. The average molecular weight is 293 g/mol. The molecule has 7 heteroatoms. The minimum atomic E-state index is -0.414. The quantitative estimate of drug-likeness (QED) is 0.625. The summed E-state index contributed by atoms with van der Waals surface area (Å²) in [7, 11) is 0. The molecule has 2 aliphatic heterocycles. The second-order valence-electron chi connectivity index (χ2n) is 5.55. The molecule has 21 heavy (non-hydrogen) atoms. The topological polar surface area (TPSA) is 77.7 Å². The molecular weight excluding hydrogens is 274 g/mol. The molecule has 1 atom stereocenters. The Hall–Kier alpha value is -1.73. The molecule has 0 N–H and O–H groups in total. The Morgan fingerprint density at radius 3 is 2.86 bits per heavy atom. The summed E-state index contributed by atoms with van der Waals surface area (Å²) in [6.07, 6.45) is 3.33. The highest BCUT2D eigenvalue weighted by molar-refractivity contribution is 5.50. The van der Waals surface area contributed by atoms with Gasteiger partial charge in [0.25, 0.3) is 5.69 Å². The van der Waals surface area contributed by atoms with Gasteiger partial charge in [-0.3, -0.25) is 10.1 Å². The van der Waals surface area contributed by atoms with Gasteiger partial charge in [-0.25, -0.2) is 4.98 Å². The molecule has 0 saturated carbocycles. The molecule has 0 radical (unpaired) electrons. The maximum absolute atomic E-state index is 10.8. The van der Waals surface area contributed by atoms with Gasteiger partial charge in [-0.2, -0.15) is 0 Å². The van der Waals surface area contributed by atoms with Crippen LogP contribution in [0, 0.1) is 23.0 Å². The van der Waals surface area contributed by atoms with E-state index in [1.165, 1.54) is 6.20 Å². The van der Waals surface area contributed by atoms with Crippen molar-refractivity contribution in [3.63, 3.8) is 0 Å². The molecule has 1 aromatic rings. The van der Waals surface area contributed by atoms with Gasteiger partial charge in [0.2, 0.25) is 0 Å². The zero-order valence-electron chi connectivity index (χ0n) is 12.0. The molecular formula is C14H19N3O4. The number of anilines is 1. The fourth-order valence-corrected chi connectivity index (χ4v) is 3.06. The number of hydrogen-bond acceptors (Lipinski definition) is 6. The maximum Gasteiger partial charge on any atom is 0.287 e. The van der Waals surface area contributed by atoms with E-state index in [2.05, 4.69) is 9.88 Å². The van der Waals surface area contributed by atoms with Crippen molar-refractivity contribution in [2.45, 2.75) is 26.1 Å². The molecule has 0 unspecified atom stereocenters. The Kier molecular flexibility index (Phi) is 4.03. The van der Waals surface area contributed by atoms with Crippen LogP contribution in [0.15, 0.2) is 12.3 Å². The smallest absolute Gasteiger partial charge is 0.287 e. The highest BCUT2D eigenvalue weighted by Gasteiger charge is 2.32. The Morgan fingerprint density at radius 2 is 2.19 bits per heavy atom. The average Bonchev–Trinajstić information content (AvgIpc) is 3.01. The molecule has 2 saturated heterocycles. The Labute approximate surface area is 123 Å². The highest BCUT2D eigenvalue weighted by Crippen LogP contribution is 2.29. The van der Waals surface area contributed by atoms with Gasteiger partial charge in [0.05, 0.1) is 18.1 Å². The number of hydrogen-bond donors (Lipinski definition) is 0. The summed E-state index contributed by atoms with van der Waals surface area (Å²) in [6.45, 7) is 4.92. The number of pyridine rings is 1. The number of piperidine rings is 1. The van der Waals surface area contributed by atoms with Crippen LogP contribution in [0.25, 0.3) is 0 Å². The molecule has 114 valence electrons. The summed E-state index contributed by atoms with van der Waals surface area (Å²) >= 11 is 0. The lowest BCUT2D eigenvalue weighted by molar-refractivity contribution is -0.385. The van der Waals surface area contributed by atoms with E-state index < -0.39 is 4.92 Å². The van der Waals surface area contributed by atoms with E-state index in [0.29, 0.717) is 19.1 Å². The first kappa shape index (κ1) is 14.2. The van der Waals surface area contributed by atoms with Gasteiger partial charge in [-0.15, -0.1) is 0 Å². The minimum Gasteiger partial charge on any atom is -0.356 e. The summed E-state index contributed by atoms with van der Waals surface area (Å²) in [4.78, 5) is 16.8. The van der Waals surface area contributed by atoms with Crippen LogP contribution in [0.3, 0.4) is 0 Å². The fourth-order valence-electron chi connectivity index (χ4n) is 3.06. The fraction of sp³-hybridized carbons (Fsp3) is 0.643. The Morgan fingerprint density at radius 1 is 1.43 bits per heavy atom. The van der Waals surface area contributed by atoms with Gasteiger partial charge in [-0.1, -0.05) is 0 Å². The largest absolute Gasteiger partial charge is 0.356 e. The van der Waals surface area contributed by atoms with Crippen molar-refractivity contribution >= 4 is 11.5 Å². The van der Waals surface area contributed by atoms with Crippen LogP contribution in [0.4, 0.5) is 11.5 Å². The zero-order valence-corrected chi connectivity index (χ0v) is 12.0. The molecule has 0 aromatic carbocycles. The molecule has 7 nitrogen and oxygen atoms in total. The first-order chi connectivity index (χ1) is 10.1. The van der Waals surface area contributed by atoms with Gasteiger partial charge in [0.15, 0.2) is 6.29 Å². The maximum atomic E-state index is 10.8. The van der Waals surface area contributed by atoms with E-state index in [9.17, 15) is 10.1 Å². The summed E-state index contributed by atoms with van der Waals surface area (Å²) in [5.41, 5.74) is 0.866. The Balaban J connectivity index is 1.75. The summed E-state index contributed by atoms with van der Waals surface area (Å²) in [5, 5.41) is 10.8. The lowest BCUT2D eigenvalue weighted by Gasteiger charge is -2.36. The molecule has 0 aliphatic carbocycles. The molecule has 3 rings (SSSR count). The molecule has 2 fully saturated rings. The van der Waals surface area contributed by atoms with Crippen LogP contribution in [0.2, 0.25) is 0 Å². The second-order valence-corrected chi connectivity index (χ2v) is 5.55. The molecule has 0 spiro atoms. The van der Waals surface area contributed by atoms with E-state index in [1.807, 2.05) is 6.92 Å². The van der Waals surface area contributed by atoms with Crippen LogP contribution >= 0.6 is 0 Å². The molecule has 3 heterocycles. The van der Waals surface area contributed by atoms with Crippen molar-refractivity contribution in [1.82, 2.24) is 4.98 Å². The molecule has 0 bridgehead atoms. The normalized spacial score (nSPS) is 23.5. The first-order valence-corrected chi connectivity index (χ1v) is 7.24. The lowest BCUT2D eigenvalue weighted by Crippen LogP contribution is -2.41. The van der Waals surface area contributed by atoms with E-state index >= 15 is 0 Å². The van der Waals surface area contributed by atoms with Gasteiger partial charge in [-0.05, 0) is 25.3 Å². The van der Waals surface area contributed by atoms with Gasteiger partial charge >= 0.3 is 0 Å². The van der Waals surface area contributed by atoms with E-state index in [-0.39, 0.29) is 12.0 Å². The van der Waals surface area contributed by atoms with Crippen LogP contribution in [0.5, 0.6) is 0 Å². The summed E-state index contributed by atoms with van der Waals surface area (Å²) < 4.78 is 11.2. The number of aromatic nitrogens is 1. The van der Waals surface area contributed by atoms with Crippen LogP contribution in [-0.4, -0.2) is 42.5 Å². The van der Waals surface area contributed by atoms with Crippen molar-refractivity contribution in [3.05, 3.63) is 27.9 Å². The molecule has 0 amide bonds. The van der Waals surface area contributed by atoms with Crippen molar-refractivity contribution < 1.29 is 14.4 Å². The van der Waals surface area contributed by atoms with Crippen LogP contribution < -0.4 is 4.90 Å². The second kappa shape index (κ2) is 5.95. The van der Waals surface area contributed by atoms with Crippen molar-refractivity contribution in [2.24, 2.45) is 5.92 Å². The number of nitrogens with zero attached hydrogens (tertiary/aromatic N) is 3. The van der Waals surface area contributed by atoms with E-state index in [1.54, 1.807) is 6.07 Å². The SMILES string of the molecule is Cc1cc([N+](=O)[O-])cnc1N1CCC[C@@H](C2OCCO2)C1. The molecule has 2 aliphatic rings. The predicted molar refractivity (Wildman–Crippen MR) is 76.3 cm³/mol. The first-order valence-electron chi connectivity index (χ1n) is 7.24. The summed E-state index contributed by atoms with van der Waals surface area (Å²) in [6, 6.07) is 1.58. The minimum absolute atomic E-state index is 0.0345. The van der Waals surface area contributed by atoms with Crippen molar-refractivity contribution in [2.75, 3.05) is 31.2 Å². The third kappa shape index (κ3) is 2.98. The molecule has 1 aromatic heterocycles. The number of ether oxygens (including phenoxy) is 2. The van der Waals surface area contributed by atoms with Gasteiger partial charge in [0, 0.05) is 25.1 Å². The predicted octanol–water partition coefficient (Wildman–Crippen LogP) is 1.89. The van der Waals surface area contributed by atoms with E-state index in [0.717, 1.165) is 37.3 Å². The van der Waals surface area contributed by atoms with Gasteiger partial charge in [0.1, 0.15) is 12.0 Å². The van der Waals surface area contributed by atoms with Crippen molar-refractivity contribution in [1.29, 1.82) is 0 Å². The lowest BCUT2D eigenvalue weighted by atomic mass is 9.97. The van der Waals surface area contributed by atoms with Crippen LogP contribution in [-0.2, 0) is 9.47 Å². The number of aryl methyl sites for hydroxylation is 1. The number of nitro groups is 1. The standard InChI is InChI=1S/C14H19N3O4/c1-10-7-12(17(18)19)8-15-13(10)16-4-2-3-11(9-16)14-20-5-6-21-14/h7-8,11,14H,2-6,9H2,1H3/t11-/m1/s1. The van der Waals surface area contributed by atoms with Crippen molar-refractivity contribution in [3.8, 4) is 0 Å². The third-order valence-electron chi connectivity index (χ3n) is 4.04. The third-order valence-corrected chi connectivity index (χ3v) is 4.04. The monoisotopic (exact) mass is 293 g/mol. The van der Waals surface area contributed by atoms with Crippen LogP contribution in [0.1, 0.15) is 18.4 Å².